The van der Waals surface area contributed by atoms with Crippen molar-refractivity contribution in [3.63, 3.8) is 0 Å². The molecule has 348 valence electrons. The molecule has 0 spiro atoms. The molecular formula is C61H65N4OPt-3. The largest absolute Gasteiger partial charge is 0.509 e. The molecule has 0 atom stereocenters. The maximum atomic E-state index is 6.93. The number of anilines is 4. The topological polar surface area (TPSA) is 33.5 Å². The van der Waals surface area contributed by atoms with E-state index in [2.05, 4.69) is 251 Å². The zero-order chi connectivity index (χ0) is 47.1. The molecule has 1 aliphatic rings. The summed E-state index contributed by atoms with van der Waals surface area (Å²) >= 11 is 0. The number of para-hydroxylation sites is 2. The summed E-state index contributed by atoms with van der Waals surface area (Å²) in [5.41, 5.74) is 13.3. The average Bonchev–Trinajstić information content (AvgIpc) is 3.81. The third-order valence-corrected chi connectivity index (χ3v) is 13.4. The van der Waals surface area contributed by atoms with E-state index in [1.165, 1.54) is 27.8 Å². The molecule has 0 aliphatic carbocycles. The van der Waals surface area contributed by atoms with E-state index in [-0.39, 0.29) is 48.1 Å². The zero-order valence-corrected chi connectivity index (χ0v) is 44.1. The second kappa shape index (κ2) is 17.1. The van der Waals surface area contributed by atoms with Gasteiger partial charge in [0.15, 0.2) is 0 Å². The Hall–Kier alpha value is -5.64. The fourth-order valence-electron chi connectivity index (χ4n) is 9.03. The van der Waals surface area contributed by atoms with Crippen LogP contribution in [-0.4, -0.2) is 9.55 Å². The van der Waals surface area contributed by atoms with Gasteiger partial charge in [0, 0.05) is 66.8 Å². The first-order valence-corrected chi connectivity index (χ1v) is 23.4. The van der Waals surface area contributed by atoms with E-state index in [4.69, 9.17) is 9.72 Å². The molecule has 5 nitrogen and oxygen atoms in total. The van der Waals surface area contributed by atoms with E-state index in [9.17, 15) is 0 Å². The molecule has 0 radical (unpaired) electrons. The smallest absolute Gasteiger partial charge is 0.135 e. The predicted octanol–water partition coefficient (Wildman–Crippen LogP) is 16.5. The van der Waals surface area contributed by atoms with Crippen molar-refractivity contribution in [2.75, 3.05) is 9.80 Å². The first kappa shape index (κ1) is 47.8. The van der Waals surface area contributed by atoms with Crippen molar-refractivity contribution in [3.05, 3.63) is 186 Å². The van der Waals surface area contributed by atoms with Crippen LogP contribution in [-0.2, 0) is 48.1 Å². The Morgan fingerprint density at radius 1 is 0.478 bits per heavy atom. The van der Waals surface area contributed by atoms with Crippen molar-refractivity contribution >= 4 is 44.6 Å². The van der Waals surface area contributed by atoms with Gasteiger partial charge in [0.1, 0.15) is 5.82 Å². The van der Waals surface area contributed by atoms with Gasteiger partial charge in [0.25, 0.3) is 0 Å². The zero-order valence-electron chi connectivity index (χ0n) is 41.8. The molecule has 0 N–H and O–H groups in total. The number of hydrogen-bond acceptors (Lipinski definition) is 4. The van der Waals surface area contributed by atoms with Gasteiger partial charge in [-0.25, -0.2) is 4.98 Å². The van der Waals surface area contributed by atoms with Crippen molar-refractivity contribution in [1.29, 1.82) is 0 Å². The maximum absolute atomic E-state index is 6.93. The fourth-order valence-corrected chi connectivity index (χ4v) is 9.03. The molecule has 8 aromatic rings. The van der Waals surface area contributed by atoms with Gasteiger partial charge in [-0.3, -0.25) is 0 Å². The Kier molecular flexibility index (Phi) is 12.2. The Morgan fingerprint density at radius 2 is 1.07 bits per heavy atom. The van der Waals surface area contributed by atoms with Gasteiger partial charge in [-0.2, -0.15) is 6.07 Å². The minimum Gasteiger partial charge on any atom is -0.509 e. The molecule has 1 aliphatic heterocycles. The number of aromatic nitrogens is 2. The van der Waals surface area contributed by atoms with Crippen LogP contribution in [0.5, 0.6) is 11.5 Å². The third-order valence-electron chi connectivity index (χ3n) is 13.4. The SMILES string of the molecule is CC(C)(C)c1cc(Oc2[c-]c3c(cc2)c2cc(C(C)(C)c4ccccc4)ccc2n3-c2cc(C(C)(C)C)ccn2)[c-]c(N2[CH-]N(c3cc(C(C)(C)C)cc(C(C)(C)C)c3)c3ccccc32)c1.[Pt]. The minimum absolute atomic E-state index is 0. The van der Waals surface area contributed by atoms with Crippen LogP contribution in [0.2, 0.25) is 0 Å². The molecule has 9 rings (SSSR count). The molecule has 0 saturated carbocycles. The quantitative estimate of drug-likeness (QED) is 0.149. The second-order valence-electron chi connectivity index (χ2n) is 22.9. The second-order valence-corrected chi connectivity index (χ2v) is 22.9. The Labute approximate surface area is 414 Å². The van der Waals surface area contributed by atoms with E-state index < -0.39 is 0 Å². The molecule has 0 amide bonds. The summed E-state index contributed by atoms with van der Waals surface area (Å²) in [5, 5.41) is 2.24. The number of rotatable bonds is 7. The molecule has 3 heterocycles. The summed E-state index contributed by atoms with van der Waals surface area (Å²) in [5.74, 6) is 2.09. The molecule has 67 heavy (non-hydrogen) atoms. The minimum atomic E-state index is -0.206. The monoisotopic (exact) mass is 1060 g/mol. The van der Waals surface area contributed by atoms with Gasteiger partial charge in [0.2, 0.25) is 0 Å². The molecule has 6 aromatic carbocycles. The summed E-state index contributed by atoms with van der Waals surface area (Å²) < 4.78 is 9.18. The van der Waals surface area contributed by atoms with Gasteiger partial charge in [-0.15, -0.1) is 53.6 Å². The number of fused-ring (bicyclic) bond motifs is 4. The maximum Gasteiger partial charge on any atom is 0.135 e. The van der Waals surface area contributed by atoms with Crippen LogP contribution in [0.25, 0.3) is 27.6 Å². The molecule has 0 saturated heterocycles. The number of benzene rings is 6. The van der Waals surface area contributed by atoms with Crippen LogP contribution >= 0.6 is 0 Å². The Bertz CT molecular complexity index is 3080. The normalized spacial score (nSPS) is 13.6. The molecule has 0 fully saturated rings. The third kappa shape index (κ3) is 9.21. The van der Waals surface area contributed by atoms with Crippen LogP contribution in [0, 0.1) is 18.8 Å². The predicted molar refractivity (Wildman–Crippen MR) is 278 cm³/mol. The van der Waals surface area contributed by atoms with Gasteiger partial charge in [-0.05, 0) is 97.3 Å². The van der Waals surface area contributed by atoms with Gasteiger partial charge < -0.3 is 19.1 Å². The summed E-state index contributed by atoms with van der Waals surface area (Å²) in [7, 11) is 0. The molecular weight excluding hydrogens is 1000 g/mol. The Balaban J connectivity index is 0.00000608. The van der Waals surface area contributed by atoms with Crippen molar-refractivity contribution in [2.24, 2.45) is 0 Å². The van der Waals surface area contributed by atoms with Crippen LogP contribution in [0.4, 0.5) is 22.7 Å². The van der Waals surface area contributed by atoms with Gasteiger partial charge in [0.05, 0.1) is 0 Å². The number of nitrogens with zero attached hydrogens (tertiary/aromatic N) is 4. The van der Waals surface area contributed by atoms with Crippen molar-refractivity contribution < 1.29 is 25.8 Å². The number of pyridine rings is 1. The van der Waals surface area contributed by atoms with E-state index in [1.807, 2.05) is 12.3 Å². The fraction of sp³-hybridized carbons (Fsp3) is 0.311. The molecule has 0 bridgehead atoms. The Morgan fingerprint density at radius 3 is 1.70 bits per heavy atom. The van der Waals surface area contributed by atoms with Gasteiger partial charge >= 0.3 is 0 Å². The van der Waals surface area contributed by atoms with Crippen molar-refractivity contribution in [2.45, 2.75) is 124 Å². The molecule has 0 unspecified atom stereocenters. The summed E-state index contributed by atoms with van der Waals surface area (Å²) in [4.78, 5) is 9.57. The van der Waals surface area contributed by atoms with Crippen LogP contribution in [0.3, 0.4) is 0 Å². The van der Waals surface area contributed by atoms with E-state index in [0.717, 1.165) is 55.9 Å². The number of ether oxygens (including phenoxy) is 1. The summed E-state index contributed by atoms with van der Waals surface area (Å²) in [6.45, 7) is 34.0. The molecule has 2 aromatic heterocycles. The van der Waals surface area contributed by atoms with Crippen LogP contribution < -0.4 is 14.5 Å². The first-order valence-electron chi connectivity index (χ1n) is 23.4. The van der Waals surface area contributed by atoms with E-state index in [1.54, 1.807) is 0 Å². The summed E-state index contributed by atoms with van der Waals surface area (Å²) in [6, 6.07) is 53.8. The van der Waals surface area contributed by atoms with Crippen LogP contribution in [0.15, 0.2) is 134 Å². The van der Waals surface area contributed by atoms with E-state index in [0.29, 0.717) is 11.5 Å². The standard InChI is InChI=1S/C61H65N4O.Pt/c1-57(2,3)41-28-29-62-56(36-41)65-52-27-24-42(61(13,14)40-20-16-15-17-21-40)35-51(52)50-26-25-48(38-55(50)65)66-49-34-45(60(10,11)12)33-47(37-49)64-39-63(53-22-18-19-23-54(53)64)46-31-43(58(4,5)6)30-44(32-46)59(7,8)9;/h15-36,39H,1-14H3;/q-3;. The average molecular weight is 1070 g/mol. The first-order chi connectivity index (χ1) is 31.0. The van der Waals surface area contributed by atoms with E-state index >= 15 is 0 Å². The number of hydrogen-bond donors (Lipinski definition) is 0. The van der Waals surface area contributed by atoms with Crippen molar-refractivity contribution in [1.82, 2.24) is 9.55 Å². The van der Waals surface area contributed by atoms with Crippen LogP contribution in [0.1, 0.15) is 130 Å². The summed E-state index contributed by atoms with van der Waals surface area (Å²) in [6.07, 6.45) is 1.93. The van der Waals surface area contributed by atoms with Crippen molar-refractivity contribution in [3.8, 4) is 17.3 Å². The van der Waals surface area contributed by atoms with Gasteiger partial charge in [-0.1, -0.05) is 163 Å². The molecule has 6 heteroatoms.